The van der Waals surface area contributed by atoms with Gasteiger partial charge in [-0.05, 0) is 41.8 Å². The molecular formula is C20H19F4NO4. The van der Waals surface area contributed by atoms with Gasteiger partial charge in [-0.1, -0.05) is 24.3 Å². The Bertz CT molecular complexity index is 805. The lowest BCUT2D eigenvalue weighted by Crippen LogP contribution is -2.30. The number of hydrogen-bond acceptors (Lipinski definition) is 4. The molecule has 1 amide bonds. The molecule has 0 radical (unpaired) electrons. The van der Waals surface area contributed by atoms with Crippen molar-refractivity contribution in [3.63, 3.8) is 0 Å². The lowest BCUT2D eigenvalue weighted by Gasteiger charge is -2.09. The lowest BCUT2D eigenvalue weighted by atomic mass is 10.1. The Morgan fingerprint density at radius 2 is 1.55 bits per heavy atom. The standard InChI is InChI=1S/C20H19F4NO4/c21-17-7-3-14(4-8-17)9-10-25-18(26)12-29-19(27)16-5-1-15(2-6-16)11-28-13-20(22,23)24/h1-8H,9-13H2,(H,25,26). The van der Waals surface area contributed by atoms with E-state index in [9.17, 15) is 27.2 Å². The predicted molar refractivity (Wildman–Crippen MR) is 95.5 cm³/mol. The van der Waals surface area contributed by atoms with Crippen molar-refractivity contribution >= 4 is 11.9 Å². The molecule has 0 bridgehead atoms. The average molecular weight is 413 g/mol. The molecule has 0 heterocycles. The van der Waals surface area contributed by atoms with Crippen LogP contribution in [0.2, 0.25) is 0 Å². The van der Waals surface area contributed by atoms with Crippen molar-refractivity contribution in [2.45, 2.75) is 19.2 Å². The molecule has 2 aromatic carbocycles. The van der Waals surface area contributed by atoms with Gasteiger partial charge in [0.2, 0.25) is 0 Å². The van der Waals surface area contributed by atoms with Crippen LogP contribution < -0.4 is 5.32 Å². The molecule has 156 valence electrons. The van der Waals surface area contributed by atoms with E-state index in [1.165, 1.54) is 36.4 Å². The van der Waals surface area contributed by atoms with Gasteiger partial charge >= 0.3 is 12.1 Å². The number of rotatable bonds is 9. The Morgan fingerprint density at radius 1 is 0.931 bits per heavy atom. The fraction of sp³-hybridized carbons (Fsp3) is 0.300. The molecule has 0 spiro atoms. The molecule has 0 aliphatic rings. The number of alkyl halides is 3. The van der Waals surface area contributed by atoms with E-state index in [0.717, 1.165) is 5.56 Å². The number of carbonyl (C=O) groups excluding carboxylic acids is 2. The fourth-order valence-corrected chi connectivity index (χ4v) is 2.28. The maximum Gasteiger partial charge on any atom is 0.411 e. The number of benzene rings is 2. The third-order valence-corrected chi connectivity index (χ3v) is 3.71. The van der Waals surface area contributed by atoms with Gasteiger partial charge in [-0.3, -0.25) is 4.79 Å². The monoisotopic (exact) mass is 413 g/mol. The third-order valence-electron chi connectivity index (χ3n) is 3.71. The van der Waals surface area contributed by atoms with Crippen LogP contribution >= 0.6 is 0 Å². The molecule has 2 aromatic rings. The van der Waals surface area contributed by atoms with E-state index < -0.39 is 31.3 Å². The van der Waals surface area contributed by atoms with Crippen LogP contribution in [0.3, 0.4) is 0 Å². The van der Waals surface area contributed by atoms with Gasteiger partial charge in [-0.15, -0.1) is 0 Å². The molecule has 0 aliphatic heterocycles. The number of hydrogen-bond donors (Lipinski definition) is 1. The average Bonchev–Trinajstić information content (AvgIpc) is 2.67. The number of esters is 1. The van der Waals surface area contributed by atoms with Crippen LogP contribution in [0.4, 0.5) is 17.6 Å². The van der Waals surface area contributed by atoms with Crippen molar-refractivity contribution < 1.29 is 36.6 Å². The zero-order valence-electron chi connectivity index (χ0n) is 15.3. The van der Waals surface area contributed by atoms with Crippen LogP contribution in [0.1, 0.15) is 21.5 Å². The van der Waals surface area contributed by atoms with Gasteiger partial charge in [0.1, 0.15) is 12.4 Å². The molecule has 0 aromatic heterocycles. The Hall–Kier alpha value is -2.94. The van der Waals surface area contributed by atoms with Gasteiger partial charge in [0.15, 0.2) is 6.61 Å². The molecule has 0 fully saturated rings. The molecule has 9 heteroatoms. The molecule has 0 saturated carbocycles. The van der Waals surface area contributed by atoms with E-state index >= 15 is 0 Å². The Kier molecular flexibility index (Phi) is 8.14. The number of nitrogens with one attached hydrogen (secondary N) is 1. The van der Waals surface area contributed by atoms with Crippen LogP contribution in [0.25, 0.3) is 0 Å². The van der Waals surface area contributed by atoms with E-state index in [2.05, 4.69) is 10.1 Å². The van der Waals surface area contributed by atoms with Crippen molar-refractivity contribution in [3.05, 3.63) is 71.0 Å². The zero-order chi connectivity index (χ0) is 21.3. The van der Waals surface area contributed by atoms with Crippen LogP contribution in [-0.2, 0) is 27.3 Å². The summed E-state index contributed by atoms with van der Waals surface area (Å²) in [4.78, 5) is 23.6. The van der Waals surface area contributed by atoms with Gasteiger partial charge in [0, 0.05) is 6.54 Å². The molecule has 5 nitrogen and oxygen atoms in total. The smallest absolute Gasteiger partial charge is 0.411 e. The molecule has 0 unspecified atom stereocenters. The Balaban J connectivity index is 1.68. The largest absolute Gasteiger partial charge is 0.452 e. The van der Waals surface area contributed by atoms with E-state index in [1.54, 1.807) is 12.1 Å². The molecule has 0 saturated heterocycles. The van der Waals surface area contributed by atoms with Crippen molar-refractivity contribution in [3.8, 4) is 0 Å². The minimum atomic E-state index is -4.40. The molecule has 2 rings (SSSR count). The van der Waals surface area contributed by atoms with Gasteiger partial charge in [-0.25, -0.2) is 9.18 Å². The van der Waals surface area contributed by atoms with Gasteiger partial charge in [0.05, 0.1) is 12.2 Å². The highest BCUT2D eigenvalue weighted by Crippen LogP contribution is 2.16. The van der Waals surface area contributed by atoms with Crippen LogP contribution in [0.5, 0.6) is 0 Å². The minimum absolute atomic E-state index is 0.156. The molecule has 29 heavy (non-hydrogen) atoms. The number of halogens is 4. The first-order valence-corrected chi connectivity index (χ1v) is 8.64. The highest BCUT2D eigenvalue weighted by atomic mass is 19.4. The van der Waals surface area contributed by atoms with E-state index in [1.807, 2.05) is 0 Å². The normalized spacial score (nSPS) is 11.2. The lowest BCUT2D eigenvalue weighted by molar-refractivity contribution is -0.176. The number of amides is 1. The van der Waals surface area contributed by atoms with E-state index in [-0.39, 0.29) is 18.0 Å². The first-order valence-electron chi connectivity index (χ1n) is 8.64. The summed E-state index contributed by atoms with van der Waals surface area (Å²) in [6.45, 7) is -1.77. The summed E-state index contributed by atoms with van der Waals surface area (Å²) in [5.74, 6) is -1.56. The van der Waals surface area contributed by atoms with Crippen LogP contribution in [-0.4, -0.2) is 37.8 Å². The fourth-order valence-electron chi connectivity index (χ4n) is 2.28. The van der Waals surface area contributed by atoms with E-state index in [4.69, 9.17) is 4.74 Å². The summed E-state index contributed by atoms with van der Waals surface area (Å²) in [6.07, 6.45) is -3.90. The molecule has 1 N–H and O–H groups in total. The molecule has 0 aliphatic carbocycles. The van der Waals surface area contributed by atoms with Crippen molar-refractivity contribution in [1.82, 2.24) is 5.32 Å². The van der Waals surface area contributed by atoms with Gasteiger partial charge in [-0.2, -0.15) is 13.2 Å². The van der Waals surface area contributed by atoms with Gasteiger partial charge < -0.3 is 14.8 Å². The predicted octanol–water partition coefficient (Wildman–Crippen LogP) is 3.42. The highest BCUT2D eigenvalue weighted by molar-refractivity contribution is 5.91. The van der Waals surface area contributed by atoms with Crippen LogP contribution in [0.15, 0.2) is 48.5 Å². The maximum atomic E-state index is 12.8. The second kappa shape index (κ2) is 10.6. The Morgan fingerprint density at radius 3 is 2.17 bits per heavy atom. The first kappa shape index (κ1) is 22.4. The summed E-state index contributed by atoms with van der Waals surface area (Å²) >= 11 is 0. The molecular weight excluding hydrogens is 394 g/mol. The summed E-state index contributed by atoms with van der Waals surface area (Å²) < 4.78 is 58.3. The summed E-state index contributed by atoms with van der Waals surface area (Å²) in [7, 11) is 0. The third kappa shape index (κ3) is 8.73. The van der Waals surface area contributed by atoms with Crippen molar-refractivity contribution in [2.24, 2.45) is 0 Å². The van der Waals surface area contributed by atoms with E-state index in [0.29, 0.717) is 18.5 Å². The second-order valence-electron chi connectivity index (χ2n) is 6.11. The van der Waals surface area contributed by atoms with Crippen molar-refractivity contribution in [1.29, 1.82) is 0 Å². The SMILES string of the molecule is O=C(COC(=O)c1ccc(COCC(F)(F)F)cc1)NCCc1ccc(F)cc1. The van der Waals surface area contributed by atoms with Crippen LogP contribution in [0, 0.1) is 5.82 Å². The van der Waals surface area contributed by atoms with Crippen molar-refractivity contribution in [2.75, 3.05) is 19.8 Å². The zero-order valence-corrected chi connectivity index (χ0v) is 15.3. The maximum absolute atomic E-state index is 12.8. The first-order chi connectivity index (χ1) is 13.7. The summed E-state index contributed by atoms with van der Waals surface area (Å²) in [5.41, 5.74) is 1.47. The quantitative estimate of drug-likeness (QED) is 0.506. The molecule has 0 atom stereocenters. The summed E-state index contributed by atoms with van der Waals surface area (Å²) in [6, 6.07) is 11.5. The number of carbonyl (C=O) groups is 2. The summed E-state index contributed by atoms with van der Waals surface area (Å²) in [5, 5.41) is 2.58. The second-order valence-corrected chi connectivity index (χ2v) is 6.11. The number of ether oxygens (including phenoxy) is 2. The highest BCUT2D eigenvalue weighted by Gasteiger charge is 2.27. The topological polar surface area (TPSA) is 64.6 Å². The van der Waals surface area contributed by atoms with Gasteiger partial charge in [0.25, 0.3) is 5.91 Å². The minimum Gasteiger partial charge on any atom is -0.452 e. The Labute approximate surface area is 164 Å².